The Labute approximate surface area is 147 Å². The fourth-order valence-corrected chi connectivity index (χ4v) is 2.36. The number of nitrogens with one attached hydrogen (secondary N) is 1. The highest BCUT2D eigenvalue weighted by atomic mass is 16.5. The van der Waals surface area contributed by atoms with Crippen molar-refractivity contribution in [3.8, 4) is 5.75 Å². The second kappa shape index (κ2) is 6.98. The molecule has 0 bridgehead atoms. The van der Waals surface area contributed by atoms with Crippen LogP contribution >= 0.6 is 0 Å². The molecule has 0 aliphatic carbocycles. The molecule has 0 saturated carbocycles. The molecule has 8 heteroatoms. The first-order chi connectivity index (χ1) is 12.5. The van der Waals surface area contributed by atoms with E-state index in [4.69, 9.17) is 19.4 Å². The number of methoxy groups -OCH3 is 1. The second-order valence-corrected chi connectivity index (χ2v) is 5.27. The third-order valence-corrected chi connectivity index (χ3v) is 3.64. The van der Waals surface area contributed by atoms with Crippen molar-refractivity contribution in [2.75, 3.05) is 12.5 Å². The molecule has 3 aromatic rings. The number of anilines is 1. The SMILES string of the molecule is COc1ccc(/C=N/Nc2ccc(C(=O)O)cc2)c2cc(C(=O)O)oc12. The van der Waals surface area contributed by atoms with Gasteiger partial charge < -0.3 is 19.4 Å². The Bertz CT molecular complexity index is 1000. The minimum atomic E-state index is -1.18. The summed E-state index contributed by atoms with van der Waals surface area (Å²) in [5, 5.41) is 22.6. The van der Waals surface area contributed by atoms with E-state index in [0.29, 0.717) is 28.0 Å². The highest BCUT2D eigenvalue weighted by Gasteiger charge is 2.16. The van der Waals surface area contributed by atoms with Gasteiger partial charge in [-0.15, -0.1) is 0 Å². The van der Waals surface area contributed by atoms with Gasteiger partial charge in [0.2, 0.25) is 5.76 Å². The van der Waals surface area contributed by atoms with Crippen molar-refractivity contribution in [2.45, 2.75) is 0 Å². The number of furan rings is 1. The number of hydrogen-bond donors (Lipinski definition) is 3. The van der Waals surface area contributed by atoms with Crippen LogP contribution in [0.5, 0.6) is 5.75 Å². The van der Waals surface area contributed by atoms with Crippen LogP contribution < -0.4 is 10.2 Å². The average molecular weight is 354 g/mol. The van der Waals surface area contributed by atoms with Gasteiger partial charge in [0.25, 0.3) is 0 Å². The van der Waals surface area contributed by atoms with E-state index >= 15 is 0 Å². The van der Waals surface area contributed by atoms with Gasteiger partial charge in [0.05, 0.1) is 24.6 Å². The van der Waals surface area contributed by atoms with Crippen molar-refractivity contribution in [1.82, 2.24) is 0 Å². The first-order valence-corrected chi connectivity index (χ1v) is 7.46. The lowest BCUT2D eigenvalue weighted by Gasteiger charge is -2.03. The number of aromatic carboxylic acids is 2. The Balaban J connectivity index is 1.87. The quantitative estimate of drug-likeness (QED) is 0.459. The molecule has 0 radical (unpaired) electrons. The van der Waals surface area contributed by atoms with Crippen LogP contribution in [-0.2, 0) is 0 Å². The zero-order chi connectivity index (χ0) is 18.7. The molecular formula is C18H14N2O6. The summed E-state index contributed by atoms with van der Waals surface area (Å²) in [7, 11) is 1.47. The van der Waals surface area contributed by atoms with Gasteiger partial charge in [-0.3, -0.25) is 5.43 Å². The van der Waals surface area contributed by atoms with E-state index in [9.17, 15) is 9.59 Å². The Morgan fingerprint density at radius 2 is 1.85 bits per heavy atom. The van der Waals surface area contributed by atoms with E-state index < -0.39 is 11.9 Å². The van der Waals surface area contributed by atoms with E-state index in [1.165, 1.54) is 31.5 Å². The highest BCUT2D eigenvalue weighted by Crippen LogP contribution is 2.31. The molecule has 2 aromatic carbocycles. The molecule has 0 spiro atoms. The van der Waals surface area contributed by atoms with Crippen LogP contribution in [0, 0.1) is 0 Å². The van der Waals surface area contributed by atoms with E-state index in [1.54, 1.807) is 24.3 Å². The summed E-state index contributed by atoms with van der Waals surface area (Å²) in [5.74, 6) is -1.96. The summed E-state index contributed by atoms with van der Waals surface area (Å²) >= 11 is 0. The van der Waals surface area contributed by atoms with Gasteiger partial charge in [-0.1, -0.05) is 0 Å². The van der Waals surface area contributed by atoms with Crippen LogP contribution in [0.15, 0.2) is 52.0 Å². The molecule has 8 nitrogen and oxygen atoms in total. The van der Waals surface area contributed by atoms with Crippen LogP contribution in [0.4, 0.5) is 5.69 Å². The van der Waals surface area contributed by atoms with Crippen LogP contribution in [-0.4, -0.2) is 35.5 Å². The number of nitrogens with zero attached hydrogens (tertiary/aromatic N) is 1. The third-order valence-electron chi connectivity index (χ3n) is 3.64. The normalized spacial score (nSPS) is 11.0. The lowest BCUT2D eigenvalue weighted by atomic mass is 10.1. The van der Waals surface area contributed by atoms with Crippen molar-refractivity contribution >= 4 is 34.8 Å². The Morgan fingerprint density at radius 1 is 1.12 bits per heavy atom. The summed E-state index contributed by atoms with van der Waals surface area (Å²) < 4.78 is 10.5. The molecule has 3 N–H and O–H groups in total. The summed E-state index contributed by atoms with van der Waals surface area (Å²) in [5.41, 5.74) is 4.51. The molecule has 26 heavy (non-hydrogen) atoms. The van der Waals surface area contributed by atoms with Crippen LogP contribution in [0.25, 0.3) is 11.0 Å². The van der Waals surface area contributed by atoms with Crippen molar-refractivity contribution in [3.63, 3.8) is 0 Å². The smallest absolute Gasteiger partial charge is 0.371 e. The average Bonchev–Trinajstić information content (AvgIpc) is 3.08. The number of benzene rings is 2. The van der Waals surface area contributed by atoms with Gasteiger partial charge in [0, 0.05) is 17.0 Å². The summed E-state index contributed by atoms with van der Waals surface area (Å²) in [4.78, 5) is 22.0. The zero-order valence-corrected chi connectivity index (χ0v) is 13.6. The first kappa shape index (κ1) is 17.0. The highest BCUT2D eigenvalue weighted by molar-refractivity contribution is 6.03. The number of fused-ring (bicyclic) bond motifs is 1. The third kappa shape index (κ3) is 3.34. The van der Waals surface area contributed by atoms with Crippen molar-refractivity contribution < 1.29 is 29.0 Å². The monoisotopic (exact) mass is 354 g/mol. The Kier molecular flexibility index (Phi) is 4.57. The van der Waals surface area contributed by atoms with Gasteiger partial charge in [-0.25, -0.2) is 9.59 Å². The molecule has 0 amide bonds. The number of hydrazone groups is 1. The standard InChI is InChI=1S/C18H14N2O6/c1-25-14-7-4-11(13-8-15(18(23)24)26-16(13)14)9-19-20-12-5-2-10(3-6-12)17(21)22/h2-9,20H,1H3,(H,21,22)(H,23,24)/b19-9+. The minimum absolute atomic E-state index is 0.177. The fraction of sp³-hybridized carbons (Fsp3) is 0.0556. The number of carboxylic acids is 2. The fourth-order valence-electron chi connectivity index (χ4n) is 2.36. The van der Waals surface area contributed by atoms with Gasteiger partial charge in [0.1, 0.15) is 0 Å². The molecule has 0 aliphatic rings. The summed E-state index contributed by atoms with van der Waals surface area (Å²) in [6.45, 7) is 0. The van der Waals surface area contributed by atoms with E-state index in [1.807, 2.05) is 0 Å². The number of rotatable bonds is 6. The Morgan fingerprint density at radius 3 is 2.46 bits per heavy atom. The molecule has 0 atom stereocenters. The van der Waals surface area contributed by atoms with Gasteiger partial charge in [0.15, 0.2) is 11.3 Å². The topological polar surface area (TPSA) is 121 Å². The lowest BCUT2D eigenvalue weighted by molar-refractivity contribution is 0.0662. The molecule has 1 aromatic heterocycles. The van der Waals surface area contributed by atoms with E-state index in [0.717, 1.165) is 0 Å². The maximum absolute atomic E-state index is 11.1. The molecular weight excluding hydrogens is 340 g/mol. The van der Waals surface area contributed by atoms with Gasteiger partial charge >= 0.3 is 11.9 Å². The summed E-state index contributed by atoms with van der Waals surface area (Å²) in [6, 6.07) is 10.9. The summed E-state index contributed by atoms with van der Waals surface area (Å²) in [6.07, 6.45) is 1.51. The van der Waals surface area contributed by atoms with Crippen molar-refractivity contribution in [1.29, 1.82) is 0 Å². The van der Waals surface area contributed by atoms with Gasteiger partial charge in [-0.2, -0.15) is 5.10 Å². The number of hydrogen-bond acceptors (Lipinski definition) is 6. The molecule has 1 heterocycles. The van der Waals surface area contributed by atoms with Crippen LogP contribution in [0.1, 0.15) is 26.5 Å². The number of carbonyl (C=O) groups is 2. The number of ether oxygens (including phenoxy) is 1. The second-order valence-electron chi connectivity index (χ2n) is 5.27. The molecule has 0 saturated heterocycles. The number of carboxylic acid groups (broad SMARTS) is 2. The zero-order valence-electron chi connectivity index (χ0n) is 13.6. The predicted molar refractivity (Wildman–Crippen MR) is 94.3 cm³/mol. The molecule has 0 unspecified atom stereocenters. The van der Waals surface area contributed by atoms with Crippen LogP contribution in [0.2, 0.25) is 0 Å². The van der Waals surface area contributed by atoms with E-state index in [-0.39, 0.29) is 11.3 Å². The van der Waals surface area contributed by atoms with Gasteiger partial charge in [-0.05, 0) is 36.4 Å². The maximum Gasteiger partial charge on any atom is 0.371 e. The molecule has 132 valence electrons. The first-order valence-electron chi connectivity index (χ1n) is 7.46. The molecule has 0 aliphatic heterocycles. The van der Waals surface area contributed by atoms with Crippen LogP contribution in [0.3, 0.4) is 0 Å². The molecule has 3 rings (SSSR count). The minimum Gasteiger partial charge on any atom is -0.493 e. The van der Waals surface area contributed by atoms with Crippen molar-refractivity contribution in [3.05, 3.63) is 59.4 Å². The largest absolute Gasteiger partial charge is 0.493 e. The predicted octanol–water partition coefficient (Wildman–Crippen LogP) is 3.28. The maximum atomic E-state index is 11.1. The van der Waals surface area contributed by atoms with E-state index in [2.05, 4.69) is 10.5 Å². The van der Waals surface area contributed by atoms with Crippen molar-refractivity contribution in [2.24, 2.45) is 5.10 Å². The molecule has 0 fully saturated rings. The lowest BCUT2D eigenvalue weighted by Crippen LogP contribution is -1.96. The Hall–Kier alpha value is -3.81.